The molecule has 2 aliphatic carbocycles. The van der Waals surface area contributed by atoms with Crippen molar-refractivity contribution in [1.82, 2.24) is 20.1 Å². The number of nitrogens with zero attached hydrogens (tertiary/aromatic N) is 3. The van der Waals surface area contributed by atoms with Crippen LogP contribution in [0.1, 0.15) is 60.9 Å². The lowest BCUT2D eigenvalue weighted by Crippen LogP contribution is -2.39. The van der Waals surface area contributed by atoms with Crippen LogP contribution in [-0.2, 0) is 0 Å². The molecule has 0 atom stereocenters. The smallest absolute Gasteiger partial charge is 0.294 e. The quantitative estimate of drug-likeness (QED) is 0.826. The van der Waals surface area contributed by atoms with Gasteiger partial charge in [-0.25, -0.2) is 4.98 Å². The lowest BCUT2D eigenvalue weighted by atomic mass is 10.2. The number of carbonyl (C=O) groups excluding carboxylic acids is 1. The molecule has 2 fully saturated rings. The number of carbonyl (C=O) groups is 1. The molecule has 5 nitrogen and oxygen atoms in total. The standard InChI is InChI=1S/C14H20N4O/c1-2-9-18(11-5-3-4-6-11)14(19)13-15-12(16-17-13)10-7-8-10/h2,10-11H,1,3-9H2,(H,15,16,17). The Morgan fingerprint density at radius 3 is 2.74 bits per heavy atom. The molecule has 2 saturated carbocycles. The van der Waals surface area contributed by atoms with Gasteiger partial charge in [-0.1, -0.05) is 18.9 Å². The SMILES string of the molecule is C=CCN(C(=O)c1n[nH]c(C2CC2)n1)C1CCCC1. The summed E-state index contributed by atoms with van der Waals surface area (Å²) in [7, 11) is 0. The van der Waals surface area contributed by atoms with Gasteiger partial charge < -0.3 is 4.90 Å². The van der Waals surface area contributed by atoms with Crippen molar-refractivity contribution < 1.29 is 4.79 Å². The normalized spacial score (nSPS) is 19.6. The summed E-state index contributed by atoms with van der Waals surface area (Å²) in [5.41, 5.74) is 0. The third-order valence-electron chi connectivity index (χ3n) is 4.01. The van der Waals surface area contributed by atoms with Gasteiger partial charge in [0.15, 0.2) is 0 Å². The highest BCUT2D eigenvalue weighted by atomic mass is 16.2. The van der Waals surface area contributed by atoms with Crippen LogP contribution in [0.5, 0.6) is 0 Å². The Kier molecular flexibility index (Phi) is 3.36. The molecule has 0 spiro atoms. The Hall–Kier alpha value is -1.65. The number of amides is 1. The van der Waals surface area contributed by atoms with E-state index in [1.165, 1.54) is 12.8 Å². The van der Waals surface area contributed by atoms with Crippen LogP contribution < -0.4 is 0 Å². The molecule has 0 saturated heterocycles. The minimum Gasteiger partial charge on any atom is -0.329 e. The van der Waals surface area contributed by atoms with Crippen LogP contribution >= 0.6 is 0 Å². The molecule has 1 heterocycles. The first kappa shape index (κ1) is 12.4. The summed E-state index contributed by atoms with van der Waals surface area (Å²) in [6, 6.07) is 0.327. The van der Waals surface area contributed by atoms with E-state index in [4.69, 9.17) is 0 Å². The van der Waals surface area contributed by atoms with Crippen LogP contribution in [-0.4, -0.2) is 38.6 Å². The van der Waals surface area contributed by atoms with E-state index in [1.807, 2.05) is 4.90 Å². The van der Waals surface area contributed by atoms with E-state index in [-0.39, 0.29) is 5.91 Å². The van der Waals surface area contributed by atoms with Crippen LogP contribution in [0.25, 0.3) is 0 Å². The number of aromatic nitrogens is 3. The van der Waals surface area contributed by atoms with Gasteiger partial charge in [-0.05, 0) is 25.7 Å². The monoisotopic (exact) mass is 260 g/mol. The summed E-state index contributed by atoms with van der Waals surface area (Å²) in [4.78, 5) is 18.7. The Labute approximate surface area is 113 Å². The van der Waals surface area contributed by atoms with Crippen molar-refractivity contribution in [1.29, 1.82) is 0 Å². The van der Waals surface area contributed by atoms with Crippen LogP contribution in [0.15, 0.2) is 12.7 Å². The summed E-state index contributed by atoms with van der Waals surface area (Å²) >= 11 is 0. The predicted octanol–water partition coefficient (Wildman–Crippen LogP) is 2.25. The molecule has 0 aromatic carbocycles. The Balaban J connectivity index is 1.75. The van der Waals surface area contributed by atoms with E-state index in [0.29, 0.717) is 24.3 Å². The van der Waals surface area contributed by atoms with Gasteiger partial charge in [-0.15, -0.1) is 11.7 Å². The van der Waals surface area contributed by atoms with Gasteiger partial charge in [0.2, 0.25) is 5.82 Å². The van der Waals surface area contributed by atoms with E-state index in [2.05, 4.69) is 21.8 Å². The molecule has 2 aliphatic rings. The van der Waals surface area contributed by atoms with E-state index in [0.717, 1.165) is 31.5 Å². The van der Waals surface area contributed by atoms with E-state index in [9.17, 15) is 4.79 Å². The zero-order chi connectivity index (χ0) is 13.2. The third kappa shape index (κ3) is 2.55. The minimum absolute atomic E-state index is 0.0602. The van der Waals surface area contributed by atoms with Gasteiger partial charge in [0.05, 0.1) is 0 Å². The third-order valence-corrected chi connectivity index (χ3v) is 4.01. The second kappa shape index (κ2) is 5.15. The average molecular weight is 260 g/mol. The van der Waals surface area contributed by atoms with Gasteiger partial charge in [0, 0.05) is 18.5 Å². The number of rotatable bonds is 5. The van der Waals surface area contributed by atoms with Crippen LogP contribution in [0.4, 0.5) is 0 Å². The zero-order valence-electron chi connectivity index (χ0n) is 11.1. The second-order valence-electron chi connectivity index (χ2n) is 5.50. The fourth-order valence-electron chi connectivity index (χ4n) is 2.79. The van der Waals surface area contributed by atoms with Crippen LogP contribution in [0, 0.1) is 0 Å². The summed E-state index contributed by atoms with van der Waals surface area (Å²) < 4.78 is 0. The first-order valence-corrected chi connectivity index (χ1v) is 7.13. The van der Waals surface area contributed by atoms with Gasteiger partial charge in [0.25, 0.3) is 5.91 Å². The maximum absolute atomic E-state index is 12.5. The summed E-state index contributed by atoms with van der Waals surface area (Å²) in [6.45, 7) is 4.33. The molecule has 5 heteroatoms. The Morgan fingerprint density at radius 2 is 2.11 bits per heavy atom. The molecule has 19 heavy (non-hydrogen) atoms. The molecule has 1 amide bonds. The molecular formula is C14H20N4O. The van der Waals surface area contributed by atoms with Gasteiger partial charge in [-0.3, -0.25) is 9.89 Å². The molecular weight excluding hydrogens is 240 g/mol. The number of H-pyrrole nitrogens is 1. The molecule has 1 N–H and O–H groups in total. The minimum atomic E-state index is -0.0602. The number of hydrogen-bond donors (Lipinski definition) is 1. The lowest BCUT2D eigenvalue weighted by Gasteiger charge is -2.26. The largest absolute Gasteiger partial charge is 0.329 e. The maximum atomic E-state index is 12.5. The molecule has 1 aromatic heterocycles. The van der Waals surface area contributed by atoms with E-state index in [1.54, 1.807) is 6.08 Å². The topological polar surface area (TPSA) is 61.9 Å². The lowest BCUT2D eigenvalue weighted by molar-refractivity contribution is 0.0694. The van der Waals surface area contributed by atoms with E-state index >= 15 is 0 Å². The van der Waals surface area contributed by atoms with Crippen molar-refractivity contribution in [3.8, 4) is 0 Å². The molecule has 102 valence electrons. The molecule has 0 unspecified atom stereocenters. The maximum Gasteiger partial charge on any atom is 0.294 e. The zero-order valence-corrected chi connectivity index (χ0v) is 11.1. The first-order valence-electron chi connectivity index (χ1n) is 7.13. The summed E-state index contributed by atoms with van der Waals surface area (Å²) in [5.74, 6) is 1.62. The summed E-state index contributed by atoms with van der Waals surface area (Å²) in [5, 5.41) is 6.99. The van der Waals surface area contributed by atoms with Crippen molar-refractivity contribution >= 4 is 5.91 Å². The van der Waals surface area contributed by atoms with Crippen molar-refractivity contribution in [3.05, 3.63) is 24.3 Å². The fourth-order valence-corrected chi connectivity index (χ4v) is 2.79. The van der Waals surface area contributed by atoms with Crippen molar-refractivity contribution in [2.24, 2.45) is 0 Å². The Bertz CT molecular complexity index is 472. The average Bonchev–Trinajstić information content (AvgIpc) is 2.96. The highest BCUT2D eigenvalue weighted by molar-refractivity contribution is 5.90. The number of nitrogens with one attached hydrogen (secondary N) is 1. The fraction of sp³-hybridized carbons (Fsp3) is 0.643. The van der Waals surface area contributed by atoms with Crippen molar-refractivity contribution in [3.63, 3.8) is 0 Å². The molecule has 1 aromatic rings. The number of hydrogen-bond acceptors (Lipinski definition) is 3. The van der Waals surface area contributed by atoms with Crippen LogP contribution in [0.2, 0.25) is 0 Å². The van der Waals surface area contributed by atoms with Gasteiger partial charge in [-0.2, -0.15) is 0 Å². The van der Waals surface area contributed by atoms with Gasteiger partial charge >= 0.3 is 0 Å². The second-order valence-corrected chi connectivity index (χ2v) is 5.50. The highest BCUT2D eigenvalue weighted by Crippen LogP contribution is 2.37. The first-order chi connectivity index (χ1) is 9.29. The summed E-state index contributed by atoms with van der Waals surface area (Å²) in [6.07, 6.45) is 8.66. The van der Waals surface area contributed by atoms with Gasteiger partial charge in [0.1, 0.15) is 5.82 Å². The van der Waals surface area contributed by atoms with Crippen LogP contribution in [0.3, 0.4) is 0 Å². The molecule has 3 rings (SSSR count). The number of aromatic amines is 1. The molecule has 0 aliphatic heterocycles. The van der Waals surface area contributed by atoms with Crippen molar-refractivity contribution in [2.75, 3.05) is 6.54 Å². The van der Waals surface area contributed by atoms with Crippen molar-refractivity contribution in [2.45, 2.75) is 50.5 Å². The van der Waals surface area contributed by atoms with E-state index < -0.39 is 0 Å². The highest BCUT2D eigenvalue weighted by Gasteiger charge is 2.31. The Morgan fingerprint density at radius 1 is 1.37 bits per heavy atom. The molecule has 0 bridgehead atoms. The molecule has 0 radical (unpaired) electrons. The predicted molar refractivity (Wildman–Crippen MR) is 71.8 cm³/mol.